The molecule has 0 aliphatic carbocycles. The van der Waals surface area contributed by atoms with Crippen molar-refractivity contribution in [1.82, 2.24) is 5.32 Å². The van der Waals surface area contributed by atoms with Gasteiger partial charge in [-0.25, -0.2) is 0 Å². The number of carbonyl (C=O) groups is 1. The van der Waals surface area contributed by atoms with Crippen molar-refractivity contribution >= 4 is 5.91 Å². The van der Waals surface area contributed by atoms with Crippen LogP contribution in [0.2, 0.25) is 0 Å². The Morgan fingerprint density at radius 3 is 1.07 bits per heavy atom. The second-order valence-electron chi connectivity index (χ2n) is 25.3. The number of rotatable bonds is 63. The van der Waals surface area contributed by atoms with Crippen molar-refractivity contribution in [1.29, 1.82) is 0 Å². The number of nitrogens with one attached hydrogen (secondary N) is 1. The first kappa shape index (κ1) is 79.3. The molecule has 0 saturated carbocycles. The van der Waals surface area contributed by atoms with Crippen LogP contribution in [0.4, 0.5) is 0 Å². The van der Waals surface area contributed by atoms with Gasteiger partial charge in [0.25, 0.3) is 0 Å². The number of hydrogen-bond acceptors (Lipinski definition) is 10. The molecule has 9 unspecified atom stereocenters. The van der Waals surface area contributed by atoms with Gasteiger partial charge < -0.3 is 50.5 Å². The number of allylic oxidation sites excluding steroid dienone is 6. The number of carbonyl (C=O) groups excluding carboxylic acids is 1. The summed E-state index contributed by atoms with van der Waals surface area (Å²) in [7, 11) is 0. The Labute approximate surface area is 511 Å². The van der Waals surface area contributed by atoms with Crippen LogP contribution in [0.1, 0.15) is 348 Å². The smallest absolute Gasteiger partial charge is 0.249 e. The Balaban J connectivity index is 2.23. The minimum atomic E-state index is -1.67. The lowest BCUT2D eigenvalue weighted by atomic mass is 9.98. The average Bonchev–Trinajstić information content (AvgIpc) is 3.68. The number of aliphatic hydroxyl groups is 7. The summed E-state index contributed by atoms with van der Waals surface area (Å²) in [5.41, 5.74) is 0. The summed E-state index contributed by atoms with van der Waals surface area (Å²) in [6.45, 7) is 3.49. The van der Waals surface area contributed by atoms with E-state index in [1.54, 1.807) is 0 Å². The van der Waals surface area contributed by atoms with Crippen LogP contribution in [0, 0.1) is 0 Å². The normalized spacial score (nSPS) is 19.2. The quantitative estimate of drug-likeness (QED) is 0.0215. The Morgan fingerprint density at radius 2 is 0.723 bits per heavy atom. The third kappa shape index (κ3) is 48.0. The van der Waals surface area contributed by atoms with Crippen LogP contribution in [-0.2, 0) is 14.3 Å². The summed E-state index contributed by atoms with van der Waals surface area (Å²) in [6.07, 6.45) is 66.7. The van der Waals surface area contributed by atoms with Gasteiger partial charge >= 0.3 is 0 Å². The number of amides is 1. The predicted octanol–water partition coefficient (Wildman–Crippen LogP) is 17.4. The predicted molar refractivity (Wildman–Crippen MR) is 349 cm³/mol. The third-order valence-corrected chi connectivity index (χ3v) is 17.4. The molecule has 1 heterocycles. The van der Waals surface area contributed by atoms with Crippen LogP contribution in [0.25, 0.3) is 0 Å². The number of aliphatic hydroxyl groups excluding tert-OH is 7. The highest BCUT2D eigenvalue weighted by Gasteiger charge is 2.44. The molecule has 0 aromatic heterocycles. The molecule has 9 atom stereocenters. The van der Waals surface area contributed by atoms with Crippen molar-refractivity contribution in [3.8, 4) is 0 Å². The molecule has 8 N–H and O–H groups in total. The fraction of sp³-hybridized carbons (Fsp3) is 0.903. The van der Waals surface area contributed by atoms with Crippen LogP contribution in [0.15, 0.2) is 36.5 Å². The van der Waals surface area contributed by atoms with Gasteiger partial charge in [-0.3, -0.25) is 4.79 Å². The van der Waals surface area contributed by atoms with Crippen molar-refractivity contribution in [3.05, 3.63) is 36.5 Å². The average molecular weight is 1180 g/mol. The molecule has 1 aliphatic heterocycles. The number of unbranched alkanes of at least 4 members (excludes halogenated alkanes) is 45. The molecule has 1 saturated heterocycles. The van der Waals surface area contributed by atoms with Gasteiger partial charge in [-0.05, 0) is 64.2 Å². The van der Waals surface area contributed by atoms with E-state index in [0.29, 0.717) is 19.3 Å². The zero-order valence-corrected chi connectivity index (χ0v) is 54.2. The van der Waals surface area contributed by atoms with E-state index in [4.69, 9.17) is 9.47 Å². The first-order valence-electron chi connectivity index (χ1n) is 35.9. The minimum absolute atomic E-state index is 0.243. The summed E-state index contributed by atoms with van der Waals surface area (Å²) < 4.78 is 11.2. The standard InChI is InChI=1S/C72H137NO10/c1-3-5-7-9-11-13-15-17-19-21-23-25-27-29-31-32-33-34-36-37-39-41-43-45-47-49-51-53-55-57-59-64(75)67(77)63(62-82-72-70(80)69(79)68(78)66(61-74)83-72)73-71(81)65(76)60-58-56-54-52-50-48-46-44-42-40-38-35-30-28-26-24-22-20-18-16-14-12-10-8-6-4-2/h36-37,43,45,51,53,63-70,72,74-80H,3-35,38-42,44,46-50,52,54-62H2,1-2H3,(H,73,81)/b37-36+,45-43+,53-51+. The third-order valence-electron chi connectivity index (χ3n) is 17.4. The Morgan fingerprint density at radius 1 is 0.410 bits per heavy atom. The maximum atomic E-state index is 13.2. The molecule has 0 radical (unpaired) electrons. The zero-order valence-electron chi connectivity index (χ0n) is 54.2. The van der Waals surface area contributed by atoms with Crippen molar-refractivity contribution in [2.45, 2.75) is 403 Å². The van der Waals surface area contributed by atoms with Crippen LogP contribution < -0.4 is 5.32 Å². The van der Waals surface area contributed by atoms with Crippen LogP contribution >= 0.6 is 0 Å². The molecule has 1 aliphatic rings. The Bertz CT molecular complexity index is 1440. The summed E-state index contributed by atoms with van der Waals surface area (Å²) in [4.78, 5) is 13.2. The number of ether oxygens (including phenoxy) is 2. The fourth-order valence-corrected chi connectivity index (χ4v) is 11.7. The molecule has 1 fully saturated rings. The van der Waals surface area contributed by atoms with E-state index in [-0.39, 0.29) is 12.8 Å². The monoisotopic (exact) mass is 1180 g/mol. The molecule has 0 bridgehead atoms. The Hall–Kier alpha value is -1.67. The zero-order chi connectivity index (χ0) is 60.3. The Kier molecular flexibility index (Phi) is 57.9. The van der Waals surface area contributed by atoms with E-state index in [1.807, 2.05) is 0 Å². The van der Waals surface area contributed by atoms with Gasteiger partial charge in [-0.1, -0.05) is 320 Å². The summed E-state index contributed by atoms with van der Waals surface area (Å²) in [5.74, 6) is -0.706. The molecule has 0 aromatic carbocycles. The van der Waals surface area contributed by atoms with Crippen molar-refractivity contribution < 1.29 is 50.0 Å². The SMILES string of the molecule is CCCCCCCCCCCCCCCCCCC/C=C/CC/C=C/CC/C=C/CCCC(O)C(O)C(COC1OC(CO)C(O)C(O)C1O)NC(=O)C(O)CCCCCCCCCCCCCCCCCCCCCCCCCCCC. The largest absolute Gasteiger partial charge is 0.394 e. The van der Waals surface area contributed by atoms with E-state index in [1.165, 1.54) is 257 Å². The van der Waals surface area contributed by atoms with Gasteiger partial charge in [0.15, 0.2) is 6.29 Å². The van der Waals surface area contributed by atoms with Crippen molar-refractivity contribution in [2.24, 2.45) is 0 Å². The van der Waals surface area contributed by atoms with E-state index in [9.17, 15) is 40.5 Å². The first-order valence-corrected chi connectivity index (χ1v) is 35.9. The lowest BCUT2D eigenvalue weighted by Gasteiger charge is -2.40. The lowest BCUT2D eigenvalue weighted by Crippen LogP contribution is -2.60. The van der Waals surface area contributed by atoms with E-state index in [0.717, 1.165) is 44.9 Å². The highest BCUT2D eigenvalue weighted by Crippen LogP contribution is 2.24. The van der Waals surface area contributed by atoms with Gasteiger partial charge in [0, 0.05) is 0 Å². The summed E-state index contributed by atoms with van der Waals surface area (Å²) in [6, 6.07) is -1.19. The molecule has 1 rings (SSSR count). The van der Waals surface area contributed by atoms with Crippen molar-refractivity contribution in [2.75, 3.05) is 13.2 Å². The van der Waals surface area contributed by atoms with Gasteiger partial charge in [-0.15, -0.1) is 0 Å². The minimum Gasteiger partial charge on any atom is -0.394 e. The molecule has 11 heteroatoms. The maximum Gasteiger partial charge on any atom is 0.249 e. The van der Waals surface area contributed by atoms with E-state index in [2.05, 4.69) is 55.6 Å². The summed E-state index contributed by atoms with van der Waals surface area (Å²) in [5, 5.41) is 76.5. The topological polar surface area (TPSA) is 189 Å². The van der Waals surface area contributed by atoms with E-state index >= 15 is 0 Å². The van der Waals surface area contributed by atoms with Crippen LogP contribution in [-0.4, -0.2) is 110 Å². The second kappa shape index (κ2) is 60.6. The maximum absolute atomic E-state index is 13.2. The van der Waals surface area contributed by atoms with Crippen LogP contribution in [0.5, 0.6) is 0 Å². The molecule has 0 aromatic rings. The van der Waals surface area contributed by atoms with E-state index < -0.39 is 74.2 Å². The van der Waals surface area contributed by atoms with Gasteiger partial charge in [0.1, 0.15) is 36.6 Å². The summed E-state index contributed by atoms with van der Waals surface area (Å²) >= 11 is 0. The lowest BCUT2D eigenvalue weighted by molar-refractivity contribution is -0.303. The molecular weight excluding hydrogens is 1040 g/mol. The first-order chi connectivity index (χ1) is 40.7. The molecule has 83 heavy (non-hydrogen) atoms. The van der Waals surface area contributed by atoms with Crippen LogP contribution in [0.3, 0.4) is 0 Å². The van der Waals surface area contributed by atoms with Gasteiger partial charge in [0.2, 0.25) is 5.91 Å². The molecule has 0 spiro atoms. The number of hydrogen-bond donors (Lipinski definition) is 8. The van der Waals surface area contributed by atoms with Gasteiger partial charge in [-0.2, -0.15) is 0 Å². The highest BCUT2D eigenvalue weighted by atomic mass is 16.7. The highest BCUT2D eigenvalue weighted by molar-refractivity contribution is 5.80. The molecule has 11 nitrogen and oxygen atoms in total. The molecular formula is C72H137NO10. The molecule has 490 valence electrons. The molecule has 1 amide bonds. The van der Waals surface area contributed by atoms with Crippen molar-refractivity contribution in [3.63, 3.8) is 0 Å². The fourth-order valence-electron chi connectivity index (χ4n) is 11.7. The second-order valence-corrected chi connectivity index (χ2v) is 25.3. The van der Waals surface area contributed by atoms with Gasteiger partial charge in [0.05, 0.1) is 25.4 Å².